The average Bonchev–Trinajstić information content (AvgIpc) is 3.06. The summed E-state index contributed by atoms with van der Waals surface area (Å²) in [7, 11) is -5.62. The van der Waals surface area contributed by atoms with E-state index in [1.165, 1.54) is 6.07 Å². The number of rotatable bonds is 9. The predicted octanol–water partition coefficient (Wildman–Crippen LogP) is 5.58. The molecule has 210 valence electrons. The second-order valence-corrected chi connectivity index (χ2v) is 11.3. The van der Waals surface area contributed by atoms with E-state index in [0.29, 0.717) is 39.7 Å². The number of fused-ring (bicyclic) bond motifs is 1. The van der Waals surface area contributed by atoms with Crippen LogP contribution in [0.2, 0.25) is 0 Å². The Bertz CT molecular complexity index is 1390. The minimum absolute atomic E-state index is 0.0547. The first-order valence-corrected chi connectivity index (χ1v) is 13.8. The topological polar surface area (TPSA) is 65.5 Å². The van der Waals surface area contributed by atoms with Gasteiger partial charge in [-0.3, -0.25) is 4.98 Å². The van der Waals surface area contributed by atoms with Crippen LogP contribution < -0.4 is 10.2 Å². The van der Waals surface area contributed by atoms with Crippen molar-refractivity contribution in [3.05, 3.63) is 89.0 Å². The van der Waals surface area contributed by atoms with Gasteiger partial charge in [0.15, 0.2) is 5.82 Å². The number of pyridine rings is 1. The summed E-state index contributed by atoms with van der Waals surface area (Å²) in [6.45, 7) is 0.130. The fourth-order valence-electron chi connectivity index (χ4n) is 4.76. The maximum Gasteiger partial charge on any atom is 0.511 e. The van der Waals surface area contributed by atoms with Gasteiger partial charge in [-0.25, -0.2) is 17.2 Å². The van der Waals surface area contributed by atoms with E-state index in [-0.39, 0.29) is 18.8 Å². The molecule has 6 nitrogen and oxygen atoms in total. The molecule has 1 atom stereocenters. The number of aryl methyl sites for hydroxylation is 2. The number of aromatic nitrogens is 1. The summed E-state index contributed by atoms with van der Waals surface area (Å²) in [6, 6.07) is 15.3. The second-order valence-electron chi connectivity index (χ2n) is 9.39. The van der Waals surface area contributed by atoms with E-state index in [0.717, 1.165) is 11.8 Å². The van der Waals surface area contributed by atoms with Gasteiger partial charge in [0.05, 0.1) is 24.1 Å². The molecule has 0 bridgehead atoms. The first-order valence-electron chi connectivity index (χ1n) is 12.4. The van der Waals surface area contributed by atoms with Crippen LogP contribution in [0.1, 0.15) is 28.8 Å². The maximum absolute atomic E-state index is 14.3. The molecule has 0 saturated heterocycles. The summed E-state index contributed by atoms with van der Waals surface area (Å²) < 4.78 is 93.9. The largest absolute Gasteiger partial charge is 0.511 e. The van der Waals surface area contributed by atoms with Crippen LogP contribution >= 0.6 is 0 Å². The van der Waals surface area contributed by atoms with Crippen LogP contribution in [0.4, 0.5) is 33.3 Å². The zero-order valence-corrected chi connectivity index (χ0v) is 22.1. The Morgan fingerprint density at radius 2 is 1.85 bits per heavy atom. The van der Waals surface area contributed by atoms with Crippen LogP contribution in [0.15, 0.2) is 60.8 Å². The van der Waals surface area contributed by atoms with Crippen molar-refractivity contribution in [2.45, 2.75) is 44.4 Å². The molecule has 3 aromatic rings. The van der Waals surface area contributed by atoms with E-state index in [1.807, 2.05) is 35.2 Å². The highest BCUT2D eigenvalue weighted by Gasteiger charge is 2.51. The third kappa shape index (κ3) is 6.50. The summed E-state index contributed by atoms with van der Waals surface area (Å²) in [5, 5.41) is 2.66. The smallest absolute Gasteiger partial charge is 0.380 e. The van der Waals surface area contributed by atoms with E-state index in [1.54, 1.807) is 25.1 Å². The lowest BCUT2D eigenvalue weighted by Gasteiger charge is -2.34. The Balaban J connectivity index is 1.78. The first-order chi connectivity index (χ1) is 18.5. The minimum Gasteiger partial charge on any atom is -0.380 e. The number of benzene rings is 2. The molecule has 0 radical (unpaired) electrons. The molecule has 0 fully saturated rings. The second kappa shape index (κ2) is 11.9. The van der Waals surface area contributed by atoms with Crippen LogP contribution in [0.3, 0.4) is 0 Å². The van der Waals surface area contributed by atoms with Gasteiger partial charge in [0, 0.05) is 31.4 Å². The van der Waals surface area contributed by atoms with Gasteiger partial charge in [-0.1, -0.05) is 42.5 Å². The van der Waals surface area contributed by atoms with Gasteiger partial charge < -0.3 is 10.2 Å². The van der Waals surface area contributed by atoms with Crippen molar-refractivity contribution in [2.75, 3.05) is 30.0 Å². The van der Waals surface area contributed by atoms with Crippen LogP contribution in [-0.4, -0.2) is 49.0 Å². The Morgan fingerprint density at radius 3 is 2.54 bits per heavy atom. The van der Waals surface area contributed by atoms with Crippen molar-refractivity contribution in [1.29, 1.82) is 0 Å². The van der Waals surface area contributed by atoms with Gasteiger partial charge in [0.1, 0.15) is 6.67 Å². The quantitative estimate of drug-likeness (QED) is 0.342. The highest BCUT2D eigenvalue weighted by atomic mass is 32.2. The van der Waals surface area contributed by atoms with Gasteiger partial charge in [-0.2, -0.15) is 17.5 Å². The third-order valence-corrected chi connectivity index (χ3v) is 8.32. The molecule has 2 heterocycles. The van der Waals surface area contributed by atoms with Crippen molar-refractivity contribution < 1.29 is 30.4 Å². The molecule has 1 unspecified atom stereocenters. The SMILES string of the molecule is Cc1cccc2c1CN(S(=O)(=O)C(F)(F)F)CC(CCc1ccccc1)N2Cc1cc(NCCF)c(F)cn1. The Hall–Kier alpha value is -3.25. The molecule has 12 heteroatoms. The fourth-order valence-corrected chi connectivity index (χ4v) is 5.72. The molecule has 1 N–H and O–H groups in total. The molecular formula is C27H29F5N4O2S. The normalized spacial score (nSPS) is 16.6. The number of sulfonamides is 1. The fraction of sp³-hybridized carbons (Fsp3) is 0.370. The van der Waals surface area contributed by atoms with Gasteiger partial charge in [0.2, 0.25) is 0 Å². The number of hydrogen-bond donors (Lipinski definition) is 1. The molecule has 39 heavy (non-hydrogen) atoms. The molecule has 0 aliphatic carbocycles. The van der Waals surface area contributed by atoms with Crippen molar-refractivity contribution in [1.82, 2.24) is 9.29 Å². The van der Waals surface area contributed by atoms with Crippen molar-refractivity contribution in [3.8, 4) is 0 Å². The van der Waals surface area contributed by atoms with Gasteiger partial charge in [0.25, 0.3) is 0 Å². The average molecular weight is 569 g/mol. The van der Waals surface area contributed by atoms with Gasteiger partial charge in [-0.05, 0) is 48.6 Å². The summed E-state index contributed by atoms with van der Waals surface area (Å²) in [5.41, 5.74) is -2.39. The highest BCUT2D eigenvalue weighted by molar-refractivity contribution is 7.89. The standard InChI is InChI=1S/C27H29F5N4O2S/c1-19-6-5-9-26-23(19)18-35(39(37,38)27(30,31)32)17-22(11-10-20-7-3-2-4-8-20)36(26)16-21-14-25(33-13-12-28)24(29)15-34-21/h2-9,14-15,22H,10-13,16-18H2,1H3,(H,33,34). The minimum atomic E-state index is -5.62. The zero-order chi connectivity index (χ0) is 28.2. The first kappa shape index (κ1) is 28.8. The van der Waals surface area contributed by atoms with E-state index in [9.17, 15) is 30.4 Å². The van der Waals surface area contributed by atoms with Gasteiger partial charge >= 0.3 is 15.5 Å². The molecule has 4 rings (SSSR count). The molecule has 0 saturated carbocycles. The lowest BCUT2D eigenvalue weighted by molar-refractivity contribution is -0.0492. The van der Waals surface area contributed by atoms with Crippen LogP contribution in [0.5, 0.6) is 0 Å². The number of alkyl halides is 4. The predicted molar refractivity (Wildman–Crippen MR) is 140 cm³/mol. The molecule has 0 spiro atoms. The number of halogens is 5. The van der Waals surface area contributed by atoms with Gasteiger partial charge in [-0.15, -0.1) is 0 Å². The van der Waals surface area contributed by atoms with Crippen molar-refractivity contribution in [3.63, 3.8) is 0 Å². The van der Waals surface area contributed by atoms with E-state index in [4.69, 9.17) is 0 Å². The molecular weight excluding hydrogens is 539 g/mol. The highest BCUT2D eigenvalue weighted by Crippen LogP contribution is 2.37. The van der Waals surface area contributed by atoms with Crippen molar-refractivity contribution in [2.24, 2.45) is 0 Å². The number of nitrogens with one attached hydrogen (secondary N) is 1. The molecule has 0 amide bonds. The Labute approximate surface area is 224 Å². The lowest BCUT2D eigenvalue weighted by Crippen LogP contribution is -2.47. The summed E-state index contributed by atoms with van der Waals surface area (Å²) >= 11 is 0. The Morgan fingerprint density at radius 1 is 1.10 bits per heavy atom. The van der Waals surface area contributed by atoms with E-state index >= 15 is 0 Å². The van der Waals surface area contributed by atoms with E-state index in [2.05, 4.69) is 10.3 Å². The number of anilines is 2. The summed E-state index contributed by atoms with van der Waals surface area (Å²) in [5.74, 6) is -0.664. The third-order valence-electron chi connectivity index (χ3n) is 6.78. The molecule has 1 aromatic heterocycles. The number of nitrogens with zero attached hydrogens (tertiary/aromatic N) is 3. The van der Waals surface area contributed by atoms with Crippen LogP contribution in [-0.2, 0) is 29.5 Å². The van der Waals surface area contributed by atoms with E-state index < -0.39 is 47.2 Å². The van der Waals surface area contributed by atoms with Crippen molar-refractivity contribution >= 4 is 21.4 Å². The molecule has 2 aromatic carbocycles. The maximum atomic E-state index is 14.3. The van der Waals surface area contributed by atoms with Crippen LogP contribution in [0, 0.1) is 12.7 Å². The summed E-state index contributed by atoms with van der Waals surface area (Å²) in [4.78, 5) is 6.01. The monoisotopic (exact) mass is 568 g/mol. The molecule has 1 aliphatic heterocycles. The molecule has 1 aliphatic rings. The van der Waals surface area contributed by atoms with Crippen LogP contribution in [0.25, 0.3) is 0 Å². The Kier molecular flexibility index (Phi) is 8.75. The summed E-state index contributed by atoms with van der Waals surface area (Å²) in [6.07, 6.45) is 1.84. The zero-order valence-electron chi connectivity index (χ0n) is 21.3. The lowest BCUT2D eigenvalue weighted by atomic mass is 10.0. The number of hydrogen-bond acceptors (Lipinski definition) is 5.